The molecule has 2 aliphatic rings. The molecule has 126 valence electrons. The Kier molecular flexibility index (Phi) is 4.54. The molecule has 1 aromatic carbocycles. The van der Waals surface area contributed by atoms with Crippen LogP contribution in [0.1, 0.15) is 30.4 Å². The van der Waals surface area contributed by atoms with Crippen LogP contribution < -0.4 is 5.32 Å². The molecule has 6 nitrogen and oxygen atoms in total. The molecule has 2 saturated heterocycles. The molecule has 2 aliphatic heterocycles. The van der Waals surface area contributed by atoms with Crippen molar-refractivity contribution in [2.24, 2.45) is 0 Å². The van der Waals surface area contributed by atoms with Crippen LogP contribution in [-0.4, -0.2) is 46.9 Å². The minimum Gasteiger partial charge on any atom is -0.323 e. The topological polar surface area (TPSA) is 76.4 Å². The summed E-state index contributed by atoms with van der Waals surface area (Å²) in [5.41, 5.74) is 1.80. The first-order valence-corrected chi connectivity index (χ1v) is 8.34. The monoisotopic (exact) mass is 326 g/mol. The van der Waals surface area contributed by atoms with Crippen LogP contribution in [0, 0.1) is 18.3 Å². The lowest BCUT2D eigenvalue weighted by atomic mass is 9.87. The van der Waals surface area contributed by atoms with Crippen LogP contribution in [0.25, 0.3) is 0 Å². The van der Waals surface area contributed by atoms with Crippen molar-refractivity contribution in [3.05, 3.63) is 35.4 Å². The predicted octanol–water partition coefficient (Wildman–Crippen LogP) is 1.80. The number of carbonyl (C=O) groups excluding carboxylic acids is 2. The standard InChI is InChI=1S/C18H22N4O2/c1-14-5-2-3-6-15(14)13-21-11-7-18(8-12-21)16(23)22(10-4-9-19)17(24)20-18/h2-3,5-6H,4,7-8,10-13H2,1H3,(H,20,24). The van der Waals surface area contributed by atoms with E-state index in [4.69, 9.17) is 5.26 Å². The van der Waals surface area contributed by atoms with E-state index in [0.717, 1.165) is 19.6 Å². The summed E-state index contributed by atoms with van der Waals surface area (Å²) < 4.78 is 0. The Labute approximate surface area is 142 Å². The van der Waals surface area contributed by atoms with Crippen molar-refractivity contribution < 1.29 is 9.59 Å². The zero-order valence-corrected chi connectivity index (χ0v) is 13.9. The number of aryl methyl sites for hydroxylation is 1. The summed E-state index contributed by atoms with van der Waals surface area (Å²) in [6.07, 6.45) is 1.41. The molecule has 2 fully saturated rings. The molecule has 1 N–H and O–H groups in total. The first-order valence-electron chi connectivity index (χ1n) is 8.34. The van der Waals surface area contributed by atoms with E-state index in [1.165, 1.54) is 16.0 Å². The summed E-state index contributed by atoms with van der Waals surface area (Å²) in [4.78, 5) is 28.2. The third kappa shape index (κ3) is 3.00. The number of hydrogen-bond donors (Lipinski definition) is 1. The summed E-state index contributed by atoms with van der Waals surface area (Å²) in [7, 11) is 0. The molecule has 6 heteroatoms. The van der Waals surface area contributed by atoms with Crippen LogP contribution in [0.3, 0.4) is 0 Å². The van der Waals surface area contributed by atoms with Crippen molar-refractivity contribution in [2.45, 2.75) is 38.3 Å². The van der Waals surface area contributed by atoms with Crippen molar-refractivity contribution in [2.75, 3.05) is 19.6 Å². The number of imide groups is 1. The lowest BCUT2D eigenvalue weighted by Gasteiger charge is -2.37. The van der Waals surface area contributed by atoms with E-state index < -0.39 is 5.54 Å². The molecular weight excluding hydrogens is 304 g/mol. The Balaban J connectivity index is 1.62. The van der Waals surface area contributed by atoms with Gasteiger partial charge in [0.05, 0.1) is 12.5 Å². The van der Waals surface area contributed by atoms with Crippen LogP contribution in [0.4, 0.5) is 4.79 Å². The van der Waals surface area contributed by atoms with Gasteiger partial charge in [0.25, 0.3) is 5.91 Å². The SMILES string of the molecule is Cc1ccccc1CN1CCC2(CC1)NC(=O)N(CCC#N)C2=O. The van der Waals surface area contributed by atoms with Gasteiger partial charge in [0, 0.05) is 26.2 Å². The first-order chi connectivity index (χ1) is 11.6. The van der Waals surface area contributed by atoms with Crippen LogP contribution in [-0.2, 0) is 11.3 Å². The number of nitriles is 1. The highest BCUT2D eigenvalue weighted by atomic mass is 16.2. The highest BCUT2D eigenvalue weighted by Crippen LogP contribution is 2.30. The van der Waals surface area contributed by atoms with E-state index >= 15 is 0 Å². The van der Waals surface area contributed by atoms with Gasteiger partial charge in [-0.15, -0.1) is 0 Å². The molecule has 0 aromatic heterocycles. The number of nitrogens with zero attached hydrogens (tertiary/aromatic N) is 3. The van der Waals surface area contributed by atoms with Gasteiger partial charge in [-0.3, -0.25) is 14.6 Å². The van der Waals surface area contributed by atoms with E-state index in [1.54, 1.807) is 0 Å². The quantitative estimate of drug-likeness (QED) is 0.856. The molecule has 0 aliphatic carbocycles. The molecular formula is C18H22N4O2. The van der Waals surface area contributed by atoms with Gasteiger partial charge in [-0.2, -0.15) is 5.26 Å². The number of likely N-dealkylation sites (tertiary alicyclic amines) is 1. The van der Waals surface area contributed by atoms with Gasteiger partial charge in [-0.25, -0.2) is 4.79 Å². The zero-order valence-electron chi connectivity index (χ0n) is 13.9. The number of nitrogens with one attached hydrogen (secondary N) is 1. The fourth-order valence-corrected chi connectivity index (χ4v) is 3.50. The van der Waals surface area contributed by atoms with Crippen molar-refractivity contribution in [3.63, 3.8) is 0 Å². The highest BCUT2D eigenvalue weighted by Gasteiger charge is 2.51. The molecule has 2 heterocycles. The smallest absolute Gasteiger partial charge is 0.323 e. The Morgan fingerprint density at radius 2 is 1.96 bits per heavy atom. The number of benzene rings is 1. The second-order valence-corrected chi connectivity index (χ2v) is 6.58. The lowest BCUT2D eigenvalue weighted by Crippen LogP contribution is -2.54. The summed E-state index contributed by atoms with van der Waals surface area (Å²) in [5, 5.41) is 11.5. The van der Waals surface area contributed by atoms with Gasteiger partial charge in [-0.05, 0) is 30.9 Å². The molecule has 0 atom stereocenters. The van der Waals surface area contributed by atoms with Gasteiger partial charge >= 0.3 is 6.03 Å². The van der Waals surface area contributed by atoms with Crippen LogP contribution in [0.5, 0.6) is 0 Å². The third-order valence-corrected chi connectivity index (χ3v) is 5.06. The fourth-order valence-electron chi connectivity index (χ4n) is 3.50. The van der Waals surface area contributed by atoms with Gasteiger partial charge < -0.3 is 5.32 Å². The summed E-state index contributed by atoms with van der Waals surface area (Å²) in [6, 6.07) is 9.94. The third-order valence-electron chi connectivity index (χ3n) is 5.06. The van der Waals surface area contributed by atoms with Gasteiger partial charge in [-0.1, -0.05) is 24.3 Å². The second kappa shape index (κ2) is 6.62. The molecule has 0 bridgehead atoms. The summed E-state index contributed by atoms with van der Waals surface area (Å²) >= 11 is 0. The highest BCUT2D eigenvalue weighted by molar-refractivity contribution is 6.07. The maximum absolute atomic E-state index is 12.6. The maximum atomic E-state index is 12.6. The average Bonchev–Trinajstić information content (AvgIpc) is 2.80. The molecule has 24 heavy (non-hydrogen) atoms. The number of amides is 3. The molecule has 0 unspecified atom stereocenters. The van der Waals surface area contributed by atoms with Crippen molar-refractivity contribution >= 4 is 11.9 Å². The lowest BCUT2D eigenvalue weighted by molar-refractivity contribution is -0.133. The molecule has 1 aromatic rings. The maximum Gasteiger partial charge on any atom is 0.325 e. The molecule has 1 spiro atoms. The van der Waals surface area contributed by atoms with Crippen LogP contribution >= 0.6 is 0 Å². The summed E-state index contributed by atoms with van der Waals surface area (Å²) in [5.74, 6) is -0.168. The fraction of sp³-hybridized carbons (Fsp3) is 0.500. The molecule has 3 amide bonds. The number of urea groups is 1. The van der Waals surface area contributed by atoms with Crippen LogP contribution in [0.2, 0.25) is 0 Å². The minimum atomic E-state index is -0.769. The normalized spacial score (nSPS) is 20.2. The Hall–Kier alpha value is -2.39. The molecule has 0 saturated carbocycles. The first kappa shape index (κ1) is 16.5. The Morgan fingerprint density at radius 1 is 1.25 bits per heavy atom. The van der Waals surface area contributed by atoms with Crippen molar-refractivity contribution in [3.8, 4) is 6.07 Å². The largest absolute Gasteiger partial charge is 0.325 e. The average molecular weight is 326 g/mol. The van der Waals surface area contributed by atoms with Gasteiger partial charge in [0.1, 0.15) is 5.54 Å². The number of piperidine rings is 1. The van der Waals surface area contributed by atoms with E-state index in [9.17, 15) is 9.59 Å². The van der Waals surface area contributed by atoms with Crippen molar-refractivity contribution in [1.82, 2.24) is 15.1 Å². The molecule has 3 rings (SSSR count). The number of rotatable bonds is 4. The van der Waals surface area contributed by atoms with E-state index in [-0.39, 0.29) is 24.9 Å². The van der Waals surface area contributed by atoms with Gasteiger partial charge in [0.2, 0.25) is 0 Å². The second-order valence-electron chi connectivity index (χ2n) is 6.58. The zero-order chi connectivity index (χ0) is 17.2. The van der Waals surface area contributed by atoms with E-state index in [1.807, 2.05) is 18.2 Å². The number of carbonyl (C=O) groups is 2. The predicted molar refractivity (Wildman–Crippen MR) is 88.9 cm³/mol. The van der Waals surface area contributed by atoms with Crippen LogP contribution in [0.15, 0.2) is 24.3 Å². The van der Waals surface area contributed by atoms with E-state index in [0.29, 0.717) is 12.8 Å². The summed E-state index contributed by atoms with van der Waals surface area (Å²) in [6.45, 7) is 4.69. The molecule has 0 radical (unpaired) electrons. The minimum absolute atomic E-state index is 0.168. The number of hydrogen-bond acceptors (Lipinski definition) is 4. The Bertz CT molecular complexity index is 687. The van der Waals surface area contributed by atoms with Crippen molar-refractivity contribution in [1.29, 1.82) is 5.26 Å². The van der Waals surface area contributed by atoms with E-state index in [2.05, 4.69) is 29.3 Å². The van der Waals surface area contributed by atoms with Gasteiger partial charge in [0.15, 0.2) is 0 Å². The Morgan fingerprint density at radius 3 is 2.62 bits per heavy atom.